The van der Waals surface area contributed by atoms with E-state index in [0.29, 0.717) is 5.92 Å². The predicted molar refractivity (Wildman–Crippen MR) is 57.1 cm³/mol. The van der Waals surface area contributed by atoms with Gasteiger partial charge in [0.1, 0.15) is 0 Å². The second kappa shape index (κ2) is 5.84. The Labute approximate surface area is 86.0 Å². The van der Waals surface area contributed by atoms with E-state index < -0.39 is 5.97 Å². The summed E-state index contributed by atoms with van der Waals surface area (Å²) >= 11 is 0. The van der Waals surface area contributed by atoms with E-state index in [1.807, 2.05) is 6.08 Å². The molecule has 0 radical (unpaired) electrons. The summed E-state index contributed by atoms with van der Waals surface area (Å²) in [6, 6.07) is 0. The Hall–Kier alpha value is -0.790. The van der Waals surface area contributed by atoms with Gasteiger partial charge in [-0.25, -0.2) is 4.79 Å². The molecule has 0 aromatic heterocycles. The highest BCUT2D eigenvalue weighted by Gasteiger charge is 2.18. The Bertz CT molecular complexity index is 200. The molecule has 1 fully saturated rings. The molecule has 0 aliphatic heterocycles. The highest BCUT2D eigenvalue weighted by molar-refractivity contribution is 5.79. The van der Waals surface area contributed by atoms with Crippen LogP contribution in [0, 0.1) is 11.8 Å². The van der Waals surface area contributed by atoms with Crippen LogP contribution in [0.5, 0.6) is 0 Å². The van der Waals surface area contributed by atoms with E-state index in [1.165, 1.54) is 44.6 Å². The van der Waals surface area contributed by atoms with Gasteiger partial charge in [-0.1, -0.05) is 25.8 Å². The lowest BCUT2D eigenvalue weighted by molar-refractivity contribution is -0.131. The molecule has 1 aliphatic carbocycles. The molecule has 2 nitrogen and oxygen atoms in total. The van der Waals surface area contributed by atoms with Crippen LogP contribution in [0.3, 0.4) is 0 Å². The summed E-state index contributed by atoms with van der Waals surface area (Å²) in [4.78, 5) is 10.3. The van der Waals surface area contributed by atoms with E-state index in [-0.39, 0.29) is 0 Å². The highest BCUT2D eigenvalue weighted by atomic mass is 16.4. The van der Waals surface area contributed by atoms with Gasteiger partial charge in [-0.05, 0) is 37.5 Å². The summed E-state index contributed by atoms with van der Waals surface area (Å²) < 4.78 is 0. The summed E-state index contributed by atoms with van der Waals surface area (Å²) in [6.07, 6.45) is 10.7. The zero-order valence-corrected chi connectivity index (χ0v) is 8.91. The second-order valence-corrected chi connectivity index (χ2v) is 4.27. The van der Waals surface area contributed by atoms with Crippen molar-refractivity contribution in [2.45, 2.75) is 45.4 Å². The smallest absolute Gasteiger partial charge is 0.327 e. The van der Waals surface area contributed by atoms with Crippen LogP contribution in [0.1, 0.15) is 45.4 Å². The lowest BCUT2D eigenvalue weighted by Crippen LogP contribution is -2.13. The third-order valence-electron chi connectivity index (χ3n) is 3.10. The number of carboxylic acids is 1. The van der Waals surface area contributed by atoms with Crippen molar-refractivity contribution in [2.24, 2.45) is 11.8 Å². The molecule has 0 saturated heterocycles. The highest BCUT2D eigenvalue weighted by Crippen LogP contribution is 2.31. The predicted octanol–water partition coefficient (Wildman–Crippen LogP) is 3.23. The molecule has 14 heavy (non-hydrogen) atoms. The van der Waals surface area contributed by atoms with Gasteiger partial charge in [0, 0.05) is 6.08 Å². The van der Waals surface area contributed by atoms with E-state index in [1.54, 1.807) is 0 Å². The van der Waals surface area contributed by atoms with Crippen LogP contribution in [0.2, 0.25) is 0 Å². The minimum absolute atomic E-state index is 0.513. The quantitative estimate of drug-likeness (QED) is 0.701. The first-order valence-corrected chi connectivity index (χ1v) is 5.63. The van der Waals surface area contributed by atoms with Crippen LogP contribution >= 0.6 is 0 Å². The first-order valence-electron chi connectivity index (χ1n) is 5.63. The lowest BCUT2D eigenvalue weighted by Gasteiger charge is -2.26. The van der Waals surface area contributed by atoms with Gasteiger partial charge in [-0.2, -0.15) is 0 Å². The molecule has 80 valence electrons. The zero-order chi connectivity index (χ0) is 10.4. The molecular weight excluding hydrogens is 176 g/mol. The van der Waals surface area contributed by atoms with Crippen molar-refractivity contribution in [3.8, 4) is 0 Å². The molecule has 1 saturated carbocycles. The van der Waals surface area contributed by atoms with Crippen molar-refractivity contribution in [2.75, 3.05) is 0 Å². The average molecular weight is 196 g/mol. The van der Waals surface area contributed by atoms with Crippen LogP contribution in [0.15, 0.2) is 12.2 Å². The average Bonchev–Trinajstić information content (AvgIpc) is 2.17. The summed E-state index contributed by atoms with van der Waals surface area (Å²) in [5.74, 6) is 0.592. The number of hydrogen-bond donors (Lipinski definition) is 1. The van der Waals surface area contributed by atoms with Crippen molar-refractivity contribution < 1.29 is 9.90 Å². The Morgan fingerprint density at radius 3 is 2.50 bits per heavy atom. The number of rotatable bonds is 4. The number of aliphatic carboxylic acids is 1. The molecule has 0 unspecified atom stereocenters. The van der Waals surface area contributed by atoms with Crippen LogP contribution < -0.4 is 0 Å². The number of carbonyl (C=O) groups is 1. The Morgan fingerprint density at radius 2 is 2.00 bits per heavy atom. The minimum atomic E-state index is -0.819. The van der Waals surface area contributed by atoms with Gasteiger partial charge in [0.05, 0.1) is 0 Å². The molecule has 0 bridgehead atoms. The van der Waals surface area contributed by atoms with E-state index in [2.05, 4.69) is 6.92 Å². The fraction of sp³-hybridized carbons (Fsp3) is 0.750. The van der Waals surface area contributed by atoms with Gasteiger partial charge >= 0.3 is 5.97 Å². The Morgan fingerprint density at radius 1 is 1.36 bits per heavy atom. The molecule has 1 aliphatic rings. The van der Waals surface area contributed by atoms with Gasteiger partial charge in [-0.3, -0.25) is 0 Å². The fourth-order valence-electron chi connectivity index (χ4n) is 2.30. The van der Waals surface area contributed by atoms with E-state index in [9.17, 15) is 4.79 Å². The molecule has 0 aromatic rings. The maximum Gasteiger partial charge on any atom is 0.327 e. The molecule has 0 atom stereocenters. The van der Waals surface area contributed by atoms with Gasteiger partial charge in [0.2, 0.25) is 0 Å². The standard InChI is InChI=1S/C12H20O2/c1-2-3-10-4-6-11(7-5-10)8-9-12(13)14/h8-11H,2-7H2,1H3,(H,13,14)/b9-8+. The van der Waals surface area contributed by atoms with Gasteiger partial charge in [0.25, 0.3) is 0 Å². The van der Waals surface area contributed by atoms with Crippen LogP contribution in [0.25, 0.3) is 0 Å². The first-order chi connectivity index (χ1) is 6.72. The minimum Gasteiger partial charge on any atom is -0.478 e. The SMILES string of the molecule is CCCC1CCC(/C=C/C(=O)O)CC1. The maximum absolute atomic E-state index is 10.3. The summed E-state index contributed by atoms with van der Waals surface area (Å²) in [7, 11) is 0. The van der Waals surface area contributed by atoms with E-state index >= 15 is 0 Å². The maximum atomic E-state index is 10.3. The van der Waals surface area contributed by atoms with E-state index in [0.717, 1.165) is 5.92 Å². The molecule has 1 N–H and O–H groups in total. The largest absolute Gasteiger partial charge is 0.478 e. The van der Waals surface area contributed by atoms with Crippen molar-refractivity contribution in [3.63, 3.8) is 0 Å². The molecule has 0 heterocycles. The van der Waals surface area contributed by atoms with Crippen LogP contribution in [0.4, 0.5) is 0 Å². The number of hydrogen-bond acceptors (Lipinski definition) is 1. The topological polar surface area (TPSA) is 37.3 Å². The van der Waals surface area contributed by atoms with Crippen molar-refractivity contribution in [3.05, 3.63) is 12.2 Å². The van der Waals surface area contributed by atoms with Gasteiger partial charge in [-0.15, -0.1) is 0 Å². The van der Waals surface area contributed by atoms with Crippen molar-refractivity contribution in [1.82, 2.24) is 0 Å². The van der Waals surface area contributed by atoms with Gasteiger partial charge in [0.15, 0.2) is 0 Å². The monoisotopic (exact) mass is 196 g/mol. The van der Waals surface area contributed by atoms with E-state index in [4.69, 9.17) is 5.11 Å². The van der Waals surface area contributed by atoms with Crippen molar-refractivity contribution in [1.29, 1.82) is 0 Å². The van der Waals surface area contributed by atoms with Crippen molar-refractivity contribution >= 4 is 5.97 Å². The Balaban J connectivity index is 2.25. The fourth-order valence-corrected chi connectivity index (χ4v) is 2.30. The lowest BCUT2D eigenvalue weighted by atomic mass is 9.80. The summed E-state index contributed by atoms with van der Waals surface area (Å²) in [6.45, 7) is 2.23. The van der Waals surface area contributed by atoms with Crippen LogP contribution in [-0.4, -0.2) is 11.1 Å². The van der Waals surface area contributed by atoms with Gasteiger partial charge < -0.3 is 5.11 Å². The molecule has 0 amide bonds. The summed E-state index contributed by atoms with van der Waals surface area (Å²) in [5, 5.41) is 8.49. The number of carboxylic acid groups (broad SMARTS) is 1. The third kappa shape index (κ3) is 3.95. The molecule has 0 spiro atoms. The molecule has 1 rings (SSSR count). The summed E-state index contributed by atoms with van der Waals surface area (Å²) in [5.41, 5.74) is 0. The molecule has 0 aromatic carbocycles. The van der Waals surface area contributed by atoms with Crippen LogP contribution in [-0.2, 0) is 4.79 Å². The second-order valence-electron chi connectivity index (χ2n) is 4.27. The first kappa shape index (κ1) is 11.3. The zero-order valence-electron chi connectivity index (χ0n) is 8.91. The molecular formula is C12H20O2. The number of allylic oxidation sites excluding steroid dienone is 1. The molecule has 2 heteroatoms. The third-order valence-corrected chi connectivity index (χ3v) is 3.10. The normalized spacial score (nSPS) is 28.1. The Kier molecular flexibility index (Phi) is 4.71.